The zero-order chi connectivity index (χ0) is 12.6. The summed E-state index contributed by atoms with van der Waals surface area (Å²) in [4.78, 5) is 9.66. The number of nitrogens with zero attached hydrogens (tertiary/aromatic N) is 1. The minimum Gasteiger partial charge on any atom is -0.483 e. The standard InChI is InChI=1S/C10H8F3NO3/c11-10(12,13)7-2-1-3-8(9(7)14(15)16)17-6-4-5-6/h1-3,6H,4-5H2. The second-order valence-corrected chi connectivity index (χ2v) is 3.72. The lowest BCUT2D eigenvalue weighted by Crippen LogP contribution is -2.10. The summed E-state index contributed by atoms with van der Waals surface area (Å²) in [7, 11) is 0. The molecule has 0 bridgehead atoms. The summed E-state index contributed by atoms with van der Waals surface area (Å²) in [6.07, 6.45) is -3.52. The lowest BCUT2D eigenvalue weighted by Gasteiger charge is -2.10. The van der Waals surface area contributed by atoms with Crippen molar-refractivity contribution in [2.75, 3.05) is 0 Å². The monoisotopic (exact) mass is 247 g/mol. The first kappa shape index (κ1) is 11.7. The van der Waals surface area contributed by atoms with Crippen LogP contribution in [-0.4, -0.2) is 11.0 Å². The molecule has 0 atom stereocenters. The van der Waals surface area contributed by atoms with E-state index in [2.05, 4.69) is 0 Å². The average molecular weight is 247 g/mol. The van der Waals surface area contributed by atoms with Gasteiger partial charge in [0.15, 0.2) is 5.75 Å². The van der Waals surface area contributed by atoms with Crippen LogP contribution in [0.4, 0.5) is 18.9 Å². The molecule has 92 valence electrons. The average Bonchev–Trinajstić information content (AvgIpc) is 2.99. The fourth-order valence-corrected chi connectivity index (χ4v) is 1.40. The van der Waals surface area contributed by atoms with Crippen molar-refractivity contribution in [3.8, 4) is 5.75 Å². The summed E-state index contributed by atoms with van der Waals surface area (Å²) in [6.45, 7) is 0. The Morgan fingerprint density at radius 3 is 2.47 bits per heavy atom. The number of benzene rings is 1. The Morgan fingerprint density at radius 2 is 2.00 bits per heavy atom. The fraction of sp³-hybridized carbons (Fsp3) is 0.400. The summed E-state index contributed by atoms with van der Waals surface area (Å²) in [5, 5.41) is 10.7. The quantitative estimate of drug-likeness (QED) is 0.609. The van der Waals surface area contributed by atoms with Gasteiger partial charge in [0.05, 0.1) is 11.0 Å². The number of para-hydroxylation sites is 1. The molecular weight excluding hydrogens is 239 g/mol. The minimum absolute atomic E-state index is 0.197. The highest BCUT2D eigenvalue weighted by Crippen LogP contribution is 2.42. The van der Waals surface area contributed by atoms with Crippen LogP contribution in [0.3, 0.4) is 0 Å². The van der Waals surface area contributed by atoms with E-state index in [1.165, 1.54) is 6.07 Å². The van der Waals surface area contributed by atoms with Crippen LogP contribution in [0, 0.1) is 10.1 Å². The van der Waals surface area contributed by atoms with Gasteiger partial charge >= 0.3 is 11.9 Å². The van der Waals surface area contributed by atoms with E-state index in [1.54, 1.807) is 0 Å². The number of hydrogen-bond donors (Lipinski definition) is 0. The van der Waals surface area contributed by atoms with Gasteiger partial charge < -0.3 is 4.74 Å². The predicted molar refractivity (Wildman–Crippen MR) is 51.7 cm³/mol. The van der Waals surface area contributed by atoms with E-state index in [0.29, 0.717) is 18.9 Å². The first-order valence-electron chi connectivity index (χ1n) is 4.91. The Kier molecular flexibility index (Phi) is 2.68. The fourth-order valence-electron chi connectivity index (χ4n) is 1.40. The molecule has 2 rings (SSSR count). The van der Waals surface area contributed by atoms with Crippen LogP contribution in [-0.2, 0) is 6.18 Å². The molecule has 1 fully saturated rings. The molecule has 0 aliphatic heterocycles. The van der Waals surface area contributed by atoms with Crippen molar-refractivity contribution in [1.82, 2.24) is 0 Å². The minimum atomic E-state index is -4.76. The van der Waals surface area contributed by atoms with Gasteiger partial charge in [-0.3, -0.25) is 10.1 Å². The van der Waals surface area contributed by atoms with Crippen molar-refractivity contribution in [2.45, 2.75) is 25.1 Å². The maximum absolute atomic E-state index is 12.6. The molecule has 0 amide bonds. The van der Waals surface area contributed by atoms with Crippen LogP contribution in [0.5, 0.6) is 5.75 Å². The summed E-state index contributed by atoms with van der Waals surface area (Å²) in [6, 6.07) is 2.97. The molecule has 0 saturated heterocycles. The molecule has 0 N–H and O–H groups in total. The van der Waals surface area contributed by atoms with Crippen molar-refractivity contribution in [2.24, 2.45) is 0 Å². The number of halogens is 3. The molecule has 0 aromatic heterocycles. The molecule has 1 aliphatic carbocycles. The van der Waals surface area contributed by atoms with Gasteiger partial charge in [-0.1, -0.05) is 6.07 Å². The van der Waals surface area contributed by atoms with E-state index in [-0.39, 0.29) is 11.9 Å². The number of hydrogen-bond acceptors (Lipinski definition) is 3. The normalized spacial score (nSPS) is 15.7. The van der Waals surface area contributed by atoms with Crippen LogP contribution in [0.2, 0.25) is 0 Å². The van der Waals surface area contributed by atoms with Crippen molar-refractivity contribution < 1.29 is 22.8 Å². The van der Waals surface area contributed by atoms with Crippen LogP contribution in [0.15, 0.2) is 18.2 Å². The maximum atomic E-state index is 12.6. The van der Waals surface area contributed by atoms with Gasteiger partial charge in [0.25, 0.3) is 0 Å². The van der Waals surface area contributed by atoms with Crippen LogP contribution >= 0.6 is 0 Å². The molecular formula is C10H8F3NO3. The molecule has 7 heteroatoms. The molecule has 1 aromatic rings. The van der Waals surface area contributed by atoms with E-state index >= 15 is 0 Å². The molecule has 4 nitrogen and oxygen atoms in total. The molecule has 0 heterocycles. The van der Waals surface area contributed by atoms with E-state index in [9.17, 15) is 23.3 Å². The predicted octanol–water partition coefficient (Wildman–Crippen LogP) is 3.15. The zero-order valence-electron chi connectivity index (χ0n) is 8.53. The second kappa shape index (κ2) is 3.90. The highest BCUT2D eigenvalue weighted by Gasteiger charge is 2.41. The molecule has 0 radical (unpaired) electrons. The highest BCUT2D eigenvalue weighted by molar-refractivity contribution is 5.54. The van der Waals surface area contributed by atoms with Gasteiger partial charge in [-0.15, -0.1) is 0 Å². The Balaban J connectivity index is 2.47. The van der Waals surface area contributed by atoms with Crippen LogP contribution in [0.1, 0.15) is 18.4 Å². The number of nitro benzene ring substituents is 1. The first-order valence-corrected chi connectivity index (χ1v) is 4.91. The summed E-state index contributed by atoms with van der Waals surface area (Å²) >= 11 is 0. The molecule has 1 aromatic carbocycles. The maximum Gasteiger partial charge on any atom is 0.423 e. The van der Waals surface area contributed by atoms with E-state index < -0.39 is 22.4 Å². The number of ether oxygens (including phenoxy) is 1. The van der Waals surface area contributed by atoms with Gasteiger partial charge in [0.1, 0.15) is 5.56 Å². The summed E-state index contributed by atoms with van der Waals surface area (Å²) in [5.74, 6) is -0.313. The smallest absolute Gasteiger partial charge is 0.423 e. The Bertz CT molecular complexity index is 455. The lowest BCUT2D eigenvalue weighted by molar-refractivity contribution is -0.389. The van der Waals surface area contributed by atoms with Gasteiger partial charge in [0.2, 0.25) is 0 Å². The molecule has 1 aliphatic rings. The van der Waals surface area contributed by atoms with Crippen molar-refractivity contribution >= 4 is 5.69 Å². The summed E-state index contributed by atoms with van der Waals surface area (Å²) < 4.78 is 42.9. The zero-order valence-corrected chi connectivity index (χ0v) is 8.53. The van der Waals surface area contributed by atoms with E-state index in [4.69, 9.17) is 4.74 Å². The lowest BCUT2D eigenvalue weighted by atomic mass is 10.1. The van der Waals surface area contributed by atoms with Crippen molar-refractivity contribution in [1.29, 1.82) is 0 Å². The van der Waals surface area contributed by atoms with Gasteiger partial charge in [-0.05, 0) is 25.0 Å². The van der Waals surface area contributed by atoms with E-state index in [1.807, 2.05) is 0 Å². The third-order valence-corrected chi connectivity index (χ3v) is 2.30. The number of rotatable bonds is 3. The number of alkyl halides is 3. The van der Waals surface area contributed by atoms with Gasteiger partial charge in [0, 0.05) is 0 Å². The molecule has 1 saturated carbocycles. The summed E-state index contributed by atoms with van der Waals surface area (Å²) in [5.41, 5.74) is -2.28. The molecule has 17 heavy (non-hydrogen) atoms. The topological polar surface area (TPSA) is 52.4 Å². The SMILES string of the molecule is O=[N+]([O-])c1c(OC2CC2)cccc1C(F)(F)F. The highest BCUT2D eigenvalue weighted by atomic mass is 19.4. The Labute approximate surface area is 94.1 Å². The molecule has 0 unspecified atom stereocenters. The van der Waals surface area contributed by atoms with Crippen molar-refractivity contribution in [3.63, 3.8) is 0 Å². The van der Waals surface area contributed by atoms with Gasteiger partial charge in [-0.2, -0.15) is 13.2 Å². The Hall–Kier alpha value is -1.79. The second-order valence-electron chi connectivity index (χ2n) is 3.72. The third-order valence-electron chi connectivity index (χ3n) is 2.30. The molecule has 0 spiro atoms. The Morgan fingerprint density at radius 1 is 1.35 bits per heavy atom. The van der Waals surface area contributed by atoms with Crippen LogP contribution < -0.4 is 4.74 Å². The largest absolute Gasteiger partial charge is 0.483 e. The first-order chi connectivity index (χ1) is 7.89. The number of nitro groups is 1. The van der Waals surface area contributed by atoms with Crippen LogP contribution in [0.25, 0.3) is 0 Å². The van der Waals surface area contributed by atoms with E-state index in [0.717, 1.165) is 6.07 Å². The van der Waals surface area contributed by atoms with Crippen molar-refractivity contribution in [3.05, 3.63) is 33.9 Å². The van der Waals surface area contributed by atoms with Gasteiger partial charge in [-0.25, -0.2) is 0 Å². The third kappa shape index (κ3) is 2.48.